The van der Waals surface area contributed by atoms with Crippen molar-refractivity contribution < 1.29 is 0 Å². The van der Waals surface area contributed by atoms with Crippen molar-refractivity contribution in [1.82, 2.24) is 10.3 Å². The van der Waals surface area contributed by atoms with Gasteiger partial charge in [-0.3, -0.25) is 4.98 Å². The van der Waals surface area contributed by atoms with Crippen molar-refractivity contribution in [2.75, 3.05) is 7.05 Å². The normalized spacial score (nSPS) is 42.0. The largest absolute Gasteiger partial charge is 0.317 e. The molecule has 4 aliphatic rings. The van der Waals surface area contributed by atoms with Gasteiger partial charge >= 0.3 is 0 Å². The van der Waals surface area contributed by atoms with Crippen LogP contribution in [0.1, 0.15) is 97.0 Å². The van der Waals surface area contributed by atoms with Crippen LogP contribution in [-0.2, 0) is 0 Å². The molecule has 4 fully saturated rings. The van der Waals surface area contributed by atoms with Gasteiger partial charge in [0.2, 0.25) is 0 Å². The summed E-state index contributed by atoms with van der Waals surface area (Å²) in [7, 11) is 2.17. The Balaban J connectivity index is 0.00000111. The third kappa shape index (κ3) is 3.67. The number of hydrogen-bond donors (Lipinski definition) is 1. The molecule has 0 saturated heterocycles. The Hall–Kier alpha value is -1.41. The minimum Gasteiger partial charge on any atom is -0.317 e. The fraction of sp³-hybridized carbons (Fsp3) is 0.710. The first-order valence-electron chi connectivity index (χ1n) is 14.0. The molecule has 33 heavy (non-hydrogen) atoms. The second-order valence-electron chi connectivity index (χ2n) is 12.1. The van der Waals surface area contributed by atoms with Crippen molar-refractivity contribution in [3.8, 4) is 0 Å². The molecule has 0 spiro atoms. The van der Waals surface area contributed by atoms with Gasteiger partial charge in [-0.25, -0.2) is 0 Å². The molecule has 4 aliphatic carbocycles. The summed E-state index contributed by atoms with van der Waals surface area (Å²) < 4.78 is 0. The van der Waals surface area contributed by atoms with E-state index in [1.165, 1.54) is 68.6 Å². The van der Waals surface area contributed by atoms with Gasteiger partial charge in [0.1, 0.15) is 0 Å². The smallest absolute Gasteiger partial charge is 0.0346 e. The van der Waals surface area contributed by atoms with Crippen LogP contribution in [-0.4, -0.2) is 18.1 Å². The quantitative estimate of drug-likeness (QED) is 0.506. The van der Waals surface area contributed by atoms with Crippen LogP contribution in [0.5, 0.6) is 0 Å². The topological polar surface area (TPSA) is 24.9 Å². The van der Waals surface area contributed by atoms with E-state index in [1.807, 2.05) is 26.2 Å². The first-order chi connectivity index (χ1) is 16.0. The van der Waals surface area contributed by atoms with Crippen LogP contribution in [0.3, 0.4) is 0 Å². The molecule has 0 radical (unpaired) electrons. The summed E-state index contributed by atoms with van der Waals surface area (Å²) in [6.07, 6.45) is 17.0. The lowest BCUT2D eigenvalue weighted by Gasteiger charge is -2.61. The minimum absolute atomic E-state index is 0.489. The summed E-state index contributed by atoms with van der Waals surface area (Å²) in [5, 5.41) is 6.24. The number of fused-ring (bicyclic) bond motifs is 6. The zero-order valence-corrected chi connectivity index (χ0v) is 21.7. The van der Waals surface area contributed by atoms with Crippen molar-refractivity contribution in [2.24, 2.45) is 34.5 Å². The second kappa shape index (κ2) is 8.99. The van der Waals surface area contributed by atoms with Crippen molar-refractivity contribution in [3.05, 3.63) is 42.2 Å². The van der Waals surface area contributed by atoms with Crippen LogP contribution in [0.15, 0.2) is 36.7 Å². The number of hydrogen-bond acceptors (Lipinski definition) is 2. The van der Waals surface area contributed by atoms with Crippen molar-refractivity contribution in [2.45, 2.75) is 97.4 Å². The van der Waals surface area contributed by atoms with Crippen LogP contribution >= 0.6 is 0 Å². The maximum absolute atomic E-state index is 4.39. The van der Waals surface area contributed by atoms with Crippen molar-refractivity contribution >= 4 is 10.8 Å². The fourth-order valence-electron chi connectivity index (χ4n) is 9.39. The molecule has 1 heterocycles. The number of aromatic nitrogens is 1. The van der Waals surface area contributed by atoms with E-state index in [9.17, 15) is 0 Å². The molecule has 180 valence electrons. The predicted octanol–water partition coefficient (Wildman–Crippen LogP) is 7.98. The molecule has 1 N–H and O–H groups in total. The first-order valence-corrected chi connectivity index (χ1v) is 14.0. The molecular weight excluding hydrogens is 400 g/mol. The Kier molecular flexibility index (Phi) is 6.36. The lowest BCUT2D eigenvalue weighted by Crippen LogP contribution is -2.54. The molecule has 0 aliphatic heterocycles. The van der Waals surface area contributed by atoms with Gasteiger partial charge in [-0.1, -0.05) is 39.8 Å². The van der Waals surface area contributed by atoms with Gasteiger partial charge in [-0.15, -0.1) is 0 Å². The zero-order valence-electron chi connectivity index (χ0n) is 21.7. The number of rotatable bonds is 2. The van der Waals surface area contributed by atoms with Crippen LogP contribution in [0, 0.1) is 34.5 Å². The van der Waals surface area contributed by atoms with E-state index in [1.54, 1.807) is 5.56 Å². The van der Waals surface area contributed by atoms with Gasteiger partial charge in [0.05, 0.1) is 0 Å². The molecule has 8 unspecified atom stereocenters. The van der Waals surface area contributed by atoms with Crippen molar-refractivity contribution in [3.63, 3.8) is 0 Å². The predicted molar refractivity (Wildman–Crippen MR) is 140 cm³/mol. The summed E-state index contributed by atoms with van der Waals surface area (Å²) in [6, 6.07) is 10.1. The highest BCUT2D eigenvalue weighted by Crippen LogP contribution is 2.69. The van der Waals surface area contributed by atoms with E-state index in [0.717, 1.165) is 35.6 Å². The van der Waals surface area contributed by atoms with E-state index >= 15 is 0 Å². The molecule has 2 nitrogen and oxygen atoms in total. The van der Waals surface area contributed by atoms with Crippen molar-refractivity contribution in [1.29, 1.82) is 0 Å². The Labute approximate surface area is 202 Å². The molecule has 0 bridgehead atoms. The Bertz CT molecular complexity index is 968. The Morgan fingerprint density at radius 3 is 2.45 bits per heavy atom. The van der Waals surface area contributed by atoms with E-state index in [2.05, 4.69) is 55.5 Å². The van der Waals surface area contributed by atoms with E-state index in [-0.39, 0.29) is 0 Å². The minimum atomic E-state index is 0.489. The highest BCUT2D eigenvalue weighted by atomic mass is 14.9. The van der Waals surface area contributed by atoms with Crippen LogP contribution in [0.4, 0.5) is 0 Å². The highest BCUT2D eigenvalue weighted by Gasteiger charge is 2.60. The molecule has 2 heteroatoms. The summed E-state index contributed by atoms with van der Waals surface area (Å²) in [4.78, 5) is 4.39. The van der Waals surface area contributed by atoms with Crippen LogP contribution in [0.25, 0.3) is 10.8 Å². The third-order valence-electron chi connectivity index (χ3n) is 11.1. The van der Waals surface area contributed by atoms with E-state index in [0.29, 0.717) is 10.8 Å². The van der Waals surface area contributed by atoms with E-state index in [4.69, 9.17) is 0 Å². The summed E-state index contributed by atoms with van der Waals surface area (Å²) in [5.41, 5.74) is 2.67. The molecule has 4 saturated carbocycles. The van der Waals surface area contributed by atoms with E-state index < -0.39 is 0 Å². The average molecular weight is 447 g/mol. The molecule has 6 rings (SSSR count). The zero-order chi connectivity index (χ0) is 23.2. The Morgan fingerprint density at radius 1 is 0.848 bits per heavy atom. The average Bonchev–Trinajstić information content (AvgIpc) is 3.21. The van der Waals surface area contributed by atoms with Gasteiger partial charge in [0.25, 0.3) is 0 Å². The van der Waals surface area contributed by atoms with Gasteiger partial charge in [0.15, 0.2) is 0 Å². The summed E-state index contributed by atoms with van der Waals surface area (Å²) in [5.74, 6) is 4.56. The third-order valence-corrected chi connectivity index (χ3v) is 11.1. The highest BCUT2D eigenvalue weighted by molar-refractivity contribution is 5.82. The maximum Gasteiger partial charge on any atom is 0.0346 e. The standard InChI is InChI=1S/C29H40N2.C2H6/c1-28-13-10-23(30-3)17-22(28)6-7-24-26-9-8-25(29(26,2)14-11-27(24)28)20-5-4-19-12-15-31-18-21(19)16-20;1-2/h4-5,12,15-16,18,22-27,30H,6-11,13-14,17H2,1-3H3;1-2H3. The van der Waals surface area contributed by atoms with Crippen LogP contribution < -0.4 is 5.32 Å². The van der Waals surface area contributed by atoms with Gasteiger partial charge in [-0.05, 0) is 128 Å². The second-order valence-corrected chi connectivity index (χ2v) is 12.1. The van der Waals surface area contributed by atoms with Gasteiger partial charge in [-0.2, -0.15) is 0 Å². The first kappa shape index (κ1) is 23.3. The molecule has 8 atom stereocenters. The molecule has 1 aromatic carbocycles. The Morgan fingerprint density at radius 2 is 1.64 bits per heavy atom. The molecular formula is C31H46N2. The fourth-order valence-corrected chi connectivity index (χ4v) is 9.39. The number of nitrogens with zero attached hydrogens (tertiary/aromatic N) is 1. The number of pyridine rings is 1. The maximum atomic E-state index is 4.39. The summed E-state index contributed by atoms with van der Waals surface area (Å²) >= 11 is 0. The van der Waals surface area contributed by atoms with Gasteiger partial charge < -0.3 is 5.32 Å². The number of nitrogens with one attached hydrogen (secondary N) is 1. The van der Waals surface area contributed by atoms with Gasteiger partial charge in [0, 0.05) is 23.8 Å². The lowest BCUT2D eigenvalue weighted by molar-refractivity contribution is -0.109. The van der Waals surface area contributed by atoms with Crippen LogP contribution in [0.2, 0.25) is 0 Å². The lowest BCUT2D eigenvalue weighted by atomic mass is 9.44. The molecule has 0 amide bonds. The SMILES string of the molecule is CC.CNC1CCC2(C)C(CCC3C2CCC2(C)C(c4ccc5ccncc5c4)CCC32)C1. The monoisotopic (exact) mass is 446 g/mol. The summed E-state index contributed by atoms with van der Waals surface area (Å²) in [6.45, 7) is 9.37. The molecule has 2 aromatic rings. The number of benzene rings is 1. The molecule has 1 aromatic heterocycles.